The molecule has 1 heterocycles. The Morgan fingerprint density at radius 3 is 2.35 bits per heavy atom. The standard InChI is InChI=1S/C19H20F2N4S/c1-3-23(4-2)13-24-19(26)25(17-11-10-15(20)12-16(17)21)18(22-24)14-8-6-5-7-9-14/h5-12H,3-4,13H2,1-2H3/p+1. The first kappa shape index (κ1) is 18.4. The molecule has 0 unspecified atom stereocenters. The second-order valence-electron chi connectivity index (χ2n) is 6.02. The highest BCUT2D eigenvalue weighted by Crippen LogP contribution is 2.24. The molecule has 0 atom stereocenters. The van der Waals surface area contributed by atoms with Gasteiger partial charge in [-0.1, -0.05) is 30.3 Å². The average Bonchev–Trinajstić information content (AvgIpc) is 2.97. The van der Waals surface area contributed by atoms with E-state index in [0.29, 0.717) is 17.3 Å². The lowest BCUT2D eigenvalue weighted by molar-refractivity contribution is -0.920. The maximum Gasteiger partial charge on any atom is 0.207 e. The Labute approximate surface area is 156 Å². The van der Waals surface area contributed by atoms with Crippen molar-refractivity contribution in [1.82, 2.24) is 14.3 Å². The zero-order valence-corrected chi connectivity index (χ0v) is 15.6. The molecule has 2 aromatic carbocycles. The third-order valence-corrected chi connectivity index (χ3v) is 4.79. The first-order valence-corrected chi connectivity index (χ1v) is 9.00. The molecule has 1 aromatic heterocycles. The van der Waals surface area contributed by atoms with E-state index in [-0.39, 0.29) is 5.69 Å². The molecule has 0 aliphatic heterocycles. The van der Waals surface area contributed by atoms with Crippen LogP contribution in [0.5, 0.6) is 0 Å². The normalized spacial score (nSPS) is 11.3. The van der Waals surface area contributed by atoms with E-state index in [1.807, 2.05) is 30.3 Å². The molecule has 0 fully saturated rings. The van der Waals surface area contributed by atoms with Crippen LogP contribution < -0.4 is 4.90 Å². The summed E-state index contributed by atoms with van der Waals surface area (Å²) in [5.41, 5.74) is 1.01. The van der Waals surface area contributed by atoms with E-state index in [4.69, 9.17) is 12.2 Å². The maximum absolute atomic E-state index is 14.5. The Morgan fingerprint density at radius 2 is 1.73 bits per heavy atom. The molecule has 0 saturated heterocycles. The molecule has 0 aliphatic carbocycles. The summed E-state index contributed by atoms with van der Waals surface area (Å²) in [5.74, 6) is -0.764. The molecular formula is C19H21F2N4S+. The second-order valence-corrected chi connectivity index (χ2v) is 6.38. The van der Waals surface area contributed by atoms with Gasteiger partial charge in [0, 0.05) is 11.6 Å². The molecule has 0 bridgehead atoms. The van der Waals surface area contributed by atoms with E-state index in [2.05, 4.69) is 18.9 Å². The Balaban J connectivity index is 2.20. The van der Waals surface area contributed by atoms with Gasteiger partial charge in [0.1, 0.15) is 11.6 Å². The number of hydrogen-bond donors (Lipinski definition) is 1. The number of nitrogens with zero attached hydrogens (tertiary/aromatic N) is 3. The van der Waals surface area contributed by atoms with Gasteiger partial charge in [0.2, 0.25) is 4.77 Å². The number of nitrogens with one attached hydrogen (secondary N) is 1. The Bertz CT molecular complexity index is 946. The zero-order chi connectivity index (χ0) is 18.7. The molecule has 136 valence electrons. The molecule has 3 rings (SSSR count). The highest BCUT2D eigenvalue weighted by Gasteiger charge is 2.19. The van der Waals surface area contributed by atoms with Crippen molar-refractivity contribution in [2.45, 2.75) is 20.5 Å². The highest BCUT2D eigenvalue weighted by atomic mass is 32.1. The van der Waals surface area contributed by atoms with E-state index in [1.54, 1.807) is 9.25 Å². The van der Waals surface area contributed by atoms with Crippen LogP contribution in [0, 0.1) is 16.4 Å². The van der Waals surface area contributed by atoms with Crippen molar-refractivity contribution in [3.63, 3.8) is 0 Å². The first-order valence-electron chi connectivity index (χ1n) is 8.59. The molecule has 26 heavy (non-hydrogen) atoms. The monoisotopic (exact) mass is 375 g/mol. The van der Waals surface area contributed by atoms with Crippen LogP contribution in [0.3, 0.4) is 0 Å². The Hall–Kier alpha value is -2.38. The van der Waals surface area contributed by atoms with Crippen molar-refractivity contribution in [3.05, 3.63) is 64.9 Å². The largest absolute Gasteiger partial charge is 0.317 e. The number of quaternary nitrogens is 1. The maximum atomic E-state index is 14.5. The molecule has 0 saturated carbocycles. The van der Waals surface area contributed by atoms with Crippen LogP contribution in [0.1, 0.15) is 13.8 Å². The van der Waals surface area contributed by atoms with Gasteiger partial charge in [0.25, 0.3) is 0 Å². The van der Waals surface area contributed by atoms with E-state index in [9.17, 15) is 8.78 Å². The van der Waals surface area contributed by atoms with Crippen LogP contribution in [0.4, 0.5) is 8.78 Å². The fourth-order valence-electron chi connectivity index (χ4n) is 2.85. The first-order chi connectivity index (χ1) is 12.5. The molecule has 4 nitrogen and oxygen atoms in total. The van der Waals surface area contributed by atoms with Gasteiger partial charge in [-0.3, -0.25) is 4.57 Å². The summed E-state index contributed by atoms with van der Waals surface area (Å²) in [6.07, 6.45) is 0. The predicted molar refractivity (Wildman–Crippen MR) is 99.8 cm³/mol. The highest BCUT2D eigenvalue weighted by molar-refractivity contribution is 7.71. The number of rotatable bonds is 6. The molecule has 0 aliphatic rings. The molecule has 0 amide bonds. The van der Waals surface area contributed by atoms with Gasteiger partial charge < -0.3 is 4.90 Å². The van der Waals surface area contributed by atoms with Crippen molar-refractivity contribution < 1.29 is 13.7 Å². The van der Waals surface area contributed by atoms with Crippen molar-refractivity contribution in [3.8, 4) is 17.1 Å². The molecule has 3 aromatic rings. The summed E-state index contributed by atoms with van der Waals surface area (Å²) in [5, 5.41) is 4.65. The average molecular weight is 375 g/mol. The molecule has 0 radical (unpaired) electrons. The van der Waals surface area contributed by atoms with Gasteiger partial charge in [-0.15, -0.1) is 5.10 Å². The fourth-order valence-corrected chi connectivity index (χ4v) is 3.14. The van der Waals surface area contributed by atoms with Gasteiger partial charge >= 0.3 is 0 Å². The van der Waals surface area contributed by atoms with Crippen LogP contribution in [0.25, 0.3) is 17.1 Å². The lowest BCUT2D eigenvalue weighted by Gasteiger charge is -2.14. The minimum absolute atomic E-state index is 0.191. The van der Waals surface area contributed by atoms with Gasteiger partial charge in [0.15, 0.2) is 12.5 Å². The van der Waals surface area contributed by atoms with Crippen LogP contribution in [-0.4, -0.2) is 27.4 Å². The van der Waals surface area contributed by atoms with Crippen LogP contribution in [0.15, 0.2) is 48.5 Å². The Morgan fingerprint density at radius 1 is 1.04 bits per heavy atom. The summed E-state index contributed by atoms with van der Waals surface area (Å²) >= 11 is 5.59. The third-order valence-electron chi connectivity index (χ3n) is 4.40. The van der Waals surface area contributed by atoms with Gasteiger partial charge in [-0.05, 0) is 38.2 Å². The van der Waals surface area contributed by atoms with E-state index >= 15 is 0 Å². The van der Waals surface area contributed by atoms with Gasteiger partial charge in [-0.2, -0.15) is 4.68 Å². The quantitative estimate of drug-likeness (QED) is 0.670. The third kappa shape index (κ3) is 3.59. The molecule has 1 N–H and O–H groups in total. The van der Waals surface area contributed by atoms with Gasteiger partial charge in [-0.25, -0.2) is 8.78 Å². The summed E-state index contributed by atoms with van der Waals surface area (Å²) in [6.45, 7) is 6.63. The Kier molecular flexibility index (Phi) is 5.58. The van der Waals surface area contributed by atoms with Crippen molar-refractivity contribution >= 4 is 12.2 Å². The molecule has 0 spiro atoms. The number of halogens is 2. The number of benzene rings is 2. The van der Waals surface area contributed by atoms with E-state index in [1.165, 1.54) is 17.0 Å². The van der Waals surface area contributed by atoms with Gasteiger partial charge in [0.05, 0.1) is 18.8 Å². The second kappa shape index (κ2) is 7.88. The van der Waals surface area contributed by atoms with Crippen molar-refractivity contribution in [1.29, 1.82) is 0 Å². The lowest BCUT2D eigenvalue weighted by atomic mass is 10.2. The van der Waals surface area contributed by atoms with E-state index in [0.717, 1.165) is 24.7 Å². The summed E-state index contributed by atoms with van der Waals surface area (Å²) in [4.78, 5) is 1.30. The number of hydrogen-bond acceptors (Lipinski definition) is 2. The van der Waals surface area contributed by atoms with E-state index < -0.39 is 11.6 Å². The SMILES string of the molecule is CC[NH+](CC)Cn1nc(-c2ccccc2)n(-c2ccc(F)cc2F)c1=S. The topological polar surface area (TPSA) is 27.2 Å². The predicted octanol–water partition coefficient (Wildman–Crippen LogP) is 3.23. The number of aromatic nitrogens is 3. The summed E-state index contributed by atoms with van der Waals surface area (Å²) in [6, 6.07) is 12.9. The molecular weight excluding hydrogens is 354 g/mol. The minimum atomic E-state index is -0.673. The zero-order valence-electron chi connectivity index (χ0n) is 14.7. The van der Waals surface area contributed by atoms with Crippen LogP contribution in [0.2, 0.25) is 0 Å². The van der Waals surface area contributed by atoms with Crippen LogP contribution in [-0.2, 0) is 6.67 Å². The summed E-state index contributed by atoms with van der Waals surface area (Å²) in [7, 11) is 0. The smallest absolute Gasteiger partial charge is 0.207 e. The molecule has 7 heteroatoms. The fraction of sp³-hybridized carbons (Fsp3) is 0.263. The minimum Gasteiger partial charge on any atom is -0.317 e. The van der Waals surface area contributed by atoms with Crippen molar-refractivity contribution in [2.75, 3.05) is 13.1 Å². The van der Waals surface area contributed by atoms with Crippen molar-refractivity contribution in [2.24, 2.45) is 0 Å². The van der Waals surface area contributed by atoms with Crippen LogP contribution >= 0.6 is 12.2 Å². The summed E-state index contributed by atoms with van der Waals surface area (Å²) < 4.78 is 31.5. The lowest BCUT2D eigenvalue weighted by Crippen LogP contribution is -3.10.